The molecule has 0 bridgehead atoms. The molecule has 1 amide bonds. The summed E-state index contributed by atoms with van der Waals surface area (Å²) in [6.07, 6.45) is -0.583. The number of hydrogen-bond acceptors (Lipinski definition) is 5. The second kappa shape index (κ2) is 11.0. The number of hydrogen-bond donors (Lipinski definition) is 3. The van der Waals surface area contributed by atoms with Crippen LogP contribution in [0.2, 0.25) is 0 Å². The Balaban J connectivity index is 1.37. The van der Waals surface area contributed by atoms with E-state index in [1.807, 2.05) is 55.5 Å². The van der Waals surface area contributed by atoms with Crippen molar-refractivity contribution in [2.24, 2.45) is 0 Å². The van der Waals surface area contributed by atoms with Crippen molar-refractivity contribution in [2.75, 3.05) is 58.3 Å². The molecule has 3 rings (SSSR count). The molecule has 30 heavy (non-hydrogen) atoms. The molecule has 0 aromatic heterocycles. The monoisotopic (exact) mass is 414 g/mol. The largest absolute Gasteiger partial charge is 0.493 e. The van der Waals surface area contributed by atoms with Gasteiger partial charge in [0.1, 0.15) is 12.7 Å². The summed E-state index contributed by atoms with van der Waals surface area (Å²) in [5, 5.41) is 13.4. The first-order valence-corrected chi connectivity index (χ1v) is 10.4. The van der Waals surface area contributed by atoms with Crippen molar-refractivity contribution in [3.05, 3.63) is 54.1 Å². The number of aryl methyl sites for hydroxylation is 1. The predicted octanol–water partition coefficient (Wildman–Crippen LogP) is 0.583. The van der Waals surface area contributed by atoms with Crippen LogP contribution >= 0.6 is 0 Å². The van der Waals surface area contributed by atoms with E-state index in [4.69, 9.17) is 9.47 Å². The number of β-amino-alcohol motifs (C(OH)–C–C–N with tert-alkyl or cyclic N) is 1. The highest BCUT2D eigenvalue weighted by Gasteiger charge is 2.24. The summed E-state index contributed by atoms with van der Waals surface area (Å²) in [5.74, 6) is 1.33. The molecule has 1 aliphatic heterocycles. The van der Waals surface area contributed by atoms with Gasteiger partial charge < -0.3 is 24.8 Å². The van der Waals surface area contributed by atoms with Crippen LogP contribution < -0.4 is 19.7 Å². The first-order chi connectivity index (χ1) is 14.5. The van der Waals surface area contributed by atoms with Crippen molar-refractivity contribution in [3.8, 4) is 11.5 Å². The summed E-state index contributed by atoms with van der Waals surface area (Å²) in [4.78, 5) is 15.8. The number of para-hydroxylation sites is 3. The lowest BCUT2D eigenvalue weighted by Gasteiger charge is -2.32. The molecule has 1 fully saturated rings. The van der Waals surface area contributed by atoms with Gasteiger partial charge in [0.2, 0.25) is 0 Å². The molecular weight excluding hydrogens is 382 g/mol. The Hall–Kier alpha value is -2.61. The summed E-state index contributed by atoms with van der Waals surface area (Å²) < 4.78 is 11.0. The maximum atomic E-state index is 12.4. The van der Waals surface area contributed by atoms with E-state index in [0.29, 0.717) is 24.6 Å². The van der Waals surface area contributed by atoms with Crippen molar-refractivity contribution >= 4 is 11.6 Å². The molecule has 3 N–H and O–H groups in total. The lowest BCUT2D eigenvalue weighted by atomic mass is 10.2. The van der Waals surface area contributed by atoms with Crippen molar-refractivity contribution in [2.45, 2.75) is 13.0 Å². The third-order valence-corrected chi connectivity index (χ3v) is 5.36. The predicted molar refractivity (Wildman–Crippen MR) is 116 cm³/mol. The van der Waals surface area contributed by atoms with Gasteiger partial charge in [-0.05, 0) is 30.7 Å². The van der Waals surface area contributed by atoms with Gasteiger partial charge in [0.15, 0.2) is 18.0 Å². The van der Waals surface area contributed by atoms with Gasteiger partial charge in [-0.25, -0.2) is 0 Å². The Labute approximate surface area is 178 Å². The molecule has 7 nitrogen and oxygen atoms in total. The number of quaternary nitrogens is 1. The van der Waals surface area contributed by atoms with Gasteiger partial charge in [-0.1, -0.05) is 30.3 Å². The standard InChI is InChI=1S/C23H31N3O4/c1-18-7-3-4-8-20(18)24-23(28)16-26-13-11-25(12-14-26)15-19(27)17-30-22-10-6-5-9-21(22)29-2/h3-10,19,27H,11-17H2,1-2H3,(H,24,28)/p+1/t19-/m1/s1. The number of nitrogens with zero attached hydrogens (tertiary/aromatic N) is 1. The number of rotatable bonds is 9. The second-order valence-corrected chi connectivity index (χ2v) is 7.71. The van der Waals surface area contributed by atoms with Crippen LogP contribution in [0.4, 0.5) is 5.69 Å². The molecule has 0 spiro atoms. The Bertz CT molecular complexity index is 822. The SMILES string of the molecule is COc1ccccc1OC[C@H](O)CN1CC[NH+](CC(=O)Nc2ccccc2C)CC1. The van der Waals surface area contributed by atoms with Gasteiger partial charge in [-0.2, -0.15) is 0 Å². The van der Waals surface area contributed by atoms with E-state index >= 15 is 0 Å². The molecule has 0 radical (unpaired) electrons. The summed E-state index contributed by atoms with van der Waals surface area (Å²) in [6, 6.07) is 15.2. The minimum absolute atomic E-state index is 0.0398. The second-order valence-electron chi connectivity index (χ2n) is 7.71. The summed E-state index contributed by atoms with van der Waals surface area (Å²) >= 11 is 0. The molecule has 162 valence electrons. The maximum Gasteiger partial charge on any atom is 0.279 e. The zero-order chi connectivity index (χ0) is 21.3. The fraction of sp³-hybridized carbons (Fsp3) is 0.435. The van der Waals surface area contributed by atoms with Crippen LogP contribution in [0, 0.1) is 6.92 Å². The number of piperazine rings is 1. The van der Waals surface area contributed by atoms with Gasteiger partial charge in [0.05, 0.1) is 20.2 Å². The van der Waals surface area contributed by atoms with Crippen LogP contribution in [0.25, 0.3) is 0 Å². The maximum absolute atomic E-state index is 12.4. The molecule has 1 aliphatic rings. The molecule has 2 aromatic carbocycles. The first-order valence-electron chi connectivity index (χ1n) is 10.4. The molecule has 0 unspecified atom stereocenters. The minimum Gasteiger partial charge on any atom is -0.493 e. The third-order valence-electron chi connectivity index (χ3n) is 5.36. The Morgan fingerprint density at radius 1 is 1.13 bits per heavy atom. The van der Waals surface area contributed by atoms with Crippen LogP contribution in [0.3, 0.4) is 0 Å². The Morgan fingerprint density at radius 3 is 2.50 bits per heavy atom. The van der Waals surface area contributed by atoms with E-state index in [-0.39, 0.29) is 12.5 Å². The quantitative estimate of drug-likeness (QED) is 0.560. The molecule has 1 saturated heterocycles. The van der Waals surface area contributed by atoms with Crippen LogP contribution in [-0.2, 0) is 4.79 Å². The van der Waals surface area contributed by atoms with Crippen molar-refractivity contribution in [1.82, 2.24) is 4.90 Å². The Kier molecular flexibility index (Phi) is 8.07. The lowest BCUT2D eigenvalue weighted by molar-refractivity contribution is -0.896. The van der Waals surface area contributed by atoms with Crippen LogP contribution in [0.15, 0.2) is 48.5 Å². The van der Waals surface area contributed by atoms with E-state index in [0.717, 1.165) is 37.4 Å². The van der Waals surface area contributed by atoms with Crippen molar-refractivity contribution in [3.63, 3.8) is 0 Å². The first kappa shape index (κ1) is 22.1. The van der Waals surface area contributed by atoms with Gasteiger partial charge in [0, 0.05) is 25.3 Å². The number of carbonyl (C=O) groups excluding carboxylic acids is 1. The zero-order valence-corrected chi connectivity index (χ0v) is 17.8. The van der Waals surface area contributed by atoms with Crippen LogP contribution in [0.1, 0.15) is 5.56 Å². The number of benzene rings is 2. The molecular formula is C23H32N3O4+. The van der Waals surface area contributed by atoms with Crippen molar-refractivity contribution < 1.29 is 24.3 Å². The van der Waals surface area contributed by atoms with E-state index in [2.05, 4.69) is 10.2 Å². The number of carbonyl (C=O) groups is 1. The topological polar surface area (TPSA) is 75.5 Å². The van der Waals surface area contributed by atoms with Gasteiger partial charge in [0.25, 0.3) is 5.91 Å². The number of anilines is 1. The minimum atomic E-state index is -0.583. The summed E-state index contributed by atoms with van der Waals surface area (Å²) in [7, 11) is 1.60. The number of nitrogens with one attached hydrogen (secondary N) is 2. The van der Waals surface area contributed by atoms with Crippen LogP contribution in [0.5, 0.6) is 11.5 Å². The summed E-state index contributed by atoms with van der Waals surface area (Å²) in [6.45, 7) is 6.66. The van der Waals surface area contributed by atoms with Crippen molar-refractivity contribution in [1.29, 1.82) is 0 Å². The van der Waals surface area contributed by atoms with E-state index in [1.165, 1.54) is 4.90 Å². The molecule has 1 atom stereocenters. The Morgan fingerprint density at radius 2 is 1.80 bits per heavy atom. The highest BCUT2D eigenvalue weighted by Crippen LogP contribution is 2.25. The number of aliphatic hydroxyl groups is 1. The average Bonchev–Trinajstić information content (AvgIpc) is 2.75. The molecule has 1 heterocycles. The molecule has 7 heteroatoms. The smallest absolute Gasteiger partial charge is 0.279 e. The fourth-order valence-corrected chi connectivity index (χ4v) is 3.64. The third kappa shape index (κ3) is 6.45. The normalized spacial score (nSPS) is 16.1. The zero-order valence-electron chi connectivity index (χ0n) is 17.8. The highest BCUT2D eigenvalue weighted by molar-refractivity contribution is 5.92. The van der Waals surface area contributed by atoms with E-state index in [1.54, 1.807) is 7.11 Å². The fourth-order valence-electron chi connectivity index (χ4n) is 3.64. The number of ether oxygens (including phenoxy) is 2. The lowest BCUT2D eigenvalue weighted by Crippen LogP contribution is -3.15. The number of methoxy groups -OCH3 is 1. The number of aliphatic hydroxyl groups excluding tert-OH is 1. The molecule has 2 aromatic rings. The van der Waals surface area contributed by atoms with Crippen LogP contribution in [-0.4, -0.2) is 75.0 Å². The molecule has 0 saturated carbocycles. The highest BCUT2D eigenvalue weighted by atomic mass is 16.5. The number of amides is 1. The van der Waals surface area contributed by atoms with E-state index < -0.39 is 6.10 Å². The van der Waals surface area contributed by atoms with Gasteiger partial charge >= 0.3 is 0 Å². The van der Waals surface area contributed by atoms with E-state index in [9.17, 15) is 9.90 Å². The van der Waals surface area contributed by atoms with Gasteiger partial charge in [-0.3, -0.25) is 9.69 Å². The summed E-state index contributed by atoms with van der Waals surface area (Å²) in [5.41, 5.74) is 1.94. The molecule has 0 aliphatic carbocycles. The van der Waals surface area contributed by atoms with Gasteiger partial charge in [-0.15, -0.1) is 0 Å². The average molecular weight is 415 g/mol.